The van der Waals surface area contributed by atoms with Crippen LogP contribution >= 0.6 is 0 Å². The quantitative estimate of drug-likeness (QED) is 0.0410. The molecule has 4 unspecified atom stereocenters. The number of hydrogen-bond donors (Lipinski definition) is 4. The highest BCUT2D eigenvalue weighted by Crippen LogP contribution is 2.25. The van der Waals surface area contributed by atoms with Crippen LogP contribution in [0.15, 0.2) is 0 Å². The fraction of sp³-hybridized carbons (Fsp3) is 1.00. The SMILES string of the molecule is CN(C)CC(O)COCCC[Si](C)(C)O[Si](C)(C)CCCOCC(O)C[N+](C)(C)CC(O)COCCC[Si](C)(C)O[Si](C)(C)CCCOCC(O)CN(C)C. The van der Waals surface area contributed by atoms with Crippen molar-refractivity contribution in [1.29, 1.82) is 0 Å². The first kappa shape index (κ1) is 55.3. The van der Waals surface area contributed by atoms with Gasteiger partial charge in [-0.1, -0.05) is 0 Å². The van der Waals surface area contributed by atoms with Crippen LogP contribution in [0.1, 0.15) is 25.7 Å². The van der Waals surface area contributed by atoms with Crippen molar-refractivity contribution in [2.75, 3.05) is 121 Å². The van der Waals surface area contributed by atoms with Gasteiger partial charge < -0.3 is 61.9 Å². The zero-order chi connectivity index (χ0) is 42.3. The van der Waals surface area contributed by atoms with E-state index in [-0.39, 0.29) is 13.2 Å². The van der Waals surface area contributed by atoms with Crippen LogP contribution < -0.4 is 0 Å². The Hall–Kier alpha value is 0.348. The Morgan fingerprint density at radius 2 is 0.673 bits per heavy atom. The number of nitrogens with zero attached hydrogens (tertiary/aromatic N) is 3. The van der Waals surface area contributed by atoms with Crippen LogP contribution in [0.4, 0.5) is 0 Å². The number of ether oxygens (including phenoxy) is 4. The molecule has 0 aliphatic heterocycles. The van der Waals surface area contributed by atoms with Gasteiger partial charge in [0.05, 0.1) is 52.7 Å². The molecule has 0 aromatic rings. The second-order valence-electron chi connectivity index (χ2n) is 19.4. The van der Waals surface area contributed by atoms with Crippen molar-refractivity contribution in [1.82, 2.24) is 9.80 Å². The van der Waals surface area contributed by atoms with Crippen molar-refractivity contribution < 1.29 is 52.1 Å². The predicted octanol–water partition coefficient (Wildman–Crippen LogP) is 4.11. The molecular weight excluding hydrogens is 771 g/mol. The van der Waals surface area contributed by atoms with Gasteiger partial charge in [0.25, 0.3) is 0 Å². The Morgan fingerprint density at radius 3 is 0.909 bits per heavy atom. The van der Waals surface area contributed by atoms with Crippen molar-refractivity contribution in [2.24, 2.45) is 0 Å². The fourth-order valence-electron chi connectivity index (χ4n) is 7.25. The van der Waals surface area contributed by atoms with E-state index in [1.807, 2.05) is 52.1 Å². The van der Waals surface area contributed by atoms with E-state index in [1.165, 1.54) is 0 Å². The lowest BCUT2D eigenvalue weighted by molar-refractivity contribution is -0.896. The van der Waals surface area contributed by atoms with E-state index in [0.29, 0.717) is 70.3 Å². The average molecular weight is 861 g/mol. The summed E-state index contributed by atoms with van der Waals surface area (Å²) in [6.45, 7) is 24.2. The summed E-state index contributed by atoms with van der Waals surface area (Å²) in [5.74, 6) is 0. The molecule has 4 N–H and O–H groups in total. The molecule has 332 valence electrons. The third-order valence-electron chi connectivity index (χ3n) is 9.18. The van der Waals surface area contributed by atoms with E-state index in [0.717, 1.165) is 49.9 Å². The molecule has 0 rings (SSSR count). The summed E-state index contributed by atoms with van der Waals surface area (Å²) in [6.07, 6.45) is 1.55. The molecule has 0 radical (unpaired) electrons. The van der Waals surface area contributed by atoms with E-state index in [1.54, 1.807) is 0 Å². The molecule has 55 heavy (non-hydrogen) atoms. The van der Waals surface area contributed by atoms with Crippen molar-refractivity contribution in [2.45, 2.75) is 127 Å². The van der Waals surface area contributed by atoms with Crippen LogP contribution in [0.2, 0.25) is 76.6 Å². The minimum Gasteiger partial charge on any atom is -0.455 e. The van der Waals surface area contributed by atoms with Crippen molar-refractivity contribution in [3.63, 3.8) is 0 Å². The van der Waals surface area contributed by atoms with Crippen LogP contribution in [-0.4, -0.2) is 214 Å². The van der Waals surface area contributed by atoms with Gasteiger partial charge in [-0.2, -0.15) is 0 Å². The third-order valence-corrected chi connectivity index (χ3v) is 24.3. The Kier molecular flexibility index (Phi) is 28.2. The van der Waals surface area contributed by atoms with Gasteiger partial charge in [-0.3, -0.25) is 0 Å². The Bertz CT molecular complexity index is 896. The Labute approximate surface area is 342 Å². The van der Waals surface area contributed by atoms with E-state index in [4.69, 9.17) is 27.2 Å². The van der Waals surface area contributed by atoms with Crippen molar-refractivity contribution in [3.05, 3.63) is 0 Å². The molecule has 0 aromatic heterocycles. The molecule has 13 nitrogen and oxygen atoms in total. The molecule has 0 bridgehead atoms. The summed E-state index contributed by atoms with van der Waals surface area (Å²) in [7, 11) is 4.46. The van der Waals surface area contributed by atoms with Gasteiger partial charge in [0.1, 0.15) is 25.3 Å². The average Bonchev–Trinajstić information content (AvgIpc) is 2.97. The Morgan fingerprint density at radius 1 is 0.436 bits per heavy atom. The molecule has 0 spiro atoms. The highest BCUT2D eigenvalue weighted by molar-refractivity contribution is 6.85. The summed E-state index contributed by atoms with van der Waals surface area (Å²) >= 11 is 0. The van der Waals surface area contributed by atoms with E-state index in [9.17, 15) is 20.4 Å². The van der Waals surface area contributed by atoms with Gasteiger partial charge in [-0.25, -0.2) is 0 Å². The topological polar surface area (TPSA) is 143 Å². The van der Waals surface area contributed by atoms with Crippen LogP contribution in [0, 0.1) is 0 Å². The lowest BCUT2D eigenvalue weighted by Crippen LogP contribution is -2.51. The molecule has 0 aromatic carbocycles. The lowest BCUT2D eigenvalue weighted by Gasteiger charge is -2.34. The van der Waals surface area contributed by atoms with Crippen molar-refractivity contribution in [3.8, 4) is 0 Å². The van der Waals surface area contributed by atoms with Gasteiger partial charge in [-0.15, -0.1) is 0 Å². The summed E-state index contributed by atoms with van der Waals surface area (Å²) in [6, 6.07) is 4.08. The summed E-state index contributed by atoms with van der Waals surface area (Å²) in [5, 5.41) is 41.3. The van der Waals surface area contributed by atoms with Gasteiger partial charge in [0.15, 0.2) is 33.3 Å². The second kappa shape index (κ2) is 28.0. The summed E-state index contributed by atoms with van der Waals surface area (Å²) in [5.41, 5.74) is 0. The predicted molar refractivity (Wildman–Crippen MR) is 236 cm³/mol. The fourth-order valence-corrected chi connectivity index (χ4v) is 24.8. The standard InChI is InChI=1S/C38H90N3O10Si4/c1-39(2)27-35(42)31-46-19-15-23-52(7,8)50-54(11,12)25-17-21-48-33-37(44)29-41(5,6)30-38(45)34-49-22-18-26-55(13,14)51-53(9,10)24-16-20-47-32-36(43)28-40(3)4/h35-38,42-45H,15-34H2,1-14H3/q+1. The molecule has 0 saturated carbocycles. The van der Waals surface area contributed by atoms with E-state index >= 15 is 0 Å². The molecule has 17 heteroatoms. The zero-order valence-electron chi connectivity index (χ0n) is 38.0. The molecule has 4 atom stereocenters. The number of hydrogen-bond acceptors (Lipinski definition) is 12. The number of quaternary nitrogens is 1. The number of aliphatic hydroxyl groups excluding tert-OH is 4. The highest BCUT2D eigenvalue weighted by atomic mass is 28.4. The number of likely N-dealkylation sites (N-methyl/N-ethyl adjacent to an activating group) is 3. The first-order valence-corrected chi connectivity index (χ1v) is 33.2. The second-order valence-corrected chi connectivity index (χ2v) is 37.1. The lowest BCUT2D eigenvalue weighted by atomic mass is 10.2. The largest absolute Gasteiger partial charge is 0.455 e. The normalized spacial score (nSPS) is 15.9. The molecule has 0 saturated heterocycles. The van der Waals surface area contributed by atoms with Crippen molar-refractivity contribution >= 4 is 33.3 Å². The summed E-state index contributed by atoms with van der Waals surface area (Å²) < 4.78 is 37.1. The van der Waals surface area contributed by atoms with Crippen LogP contribution in [-0.2, 0) is 27.2 Å². The van der Waals surface area contributed by atoms with Crippen LogP contribution in [0.3, 0.4) is 0 Å². The molecule has 0 aliphatic rings. The third kappa shape index (κ3) is 33.8. The van der Waals surface area contributed by atoms with Gasteiger partial charge in [0.2, 0.25) is 0 Å². The molecule has 0 aliphatic carbocycles. The van der Waals surface area contributed by atoms with Crippen LogP contribution in [0.25, 0.3) is 0 Å². The maximum absolute atomic E-state index is 10.7. The monoisotopic (exact) mass is 861 g/mol. The molecule has 0 amide bonds. The minimum atomic E-state index is -1.85. The zero-order valence-corrected chi connectivity index (χ0v) is 42.0. The molecule has 0 fully saturated rings. The van der Waals surface area contributed by atoms with Gasteiger partial charge >= 0.3 is 0 Å². The maximum atomic E-state index is 10.7. The van der Waals surface area contributed by atoms with E-state index < -0.39 is 57.7 Å². The molecule has 0 heterocycles. The van der Waals surface area contributed by atoms with E-state index in [2.05, 4.69) is 52.4 Å². The first-order valence-electron chi connectivity index (χ1n) is 20.8. The maximum Gasteiger partial charge on any atom is 0.173 e. The van der Waals surface area contributed by atoms with Crippen LogP contribution in [0.5, 0.6) is 0 Å². The number of aliphatic hydroxyl groups is 4. The summed E-state index contributed by atoms with van der Waals surface area (Å²) in [4.78, 5) is 3.91. The highest BCUT2D eigenvalue weighted by Gasteiger charge is 2.34. The molecular formula is C38H90N3O10Si4+. The first-order chi connectivity index (χ1) is 25.2. The smallest absolute Gasteiger partial charge is 0.173 e. The number of rotatable bonds is 36. The van der Waals surface area contributed by atoms with Gasteiger partial charge in [0, 0.05) is 39.5 Å². The minimum absolute atomic E-state index is 0.275. The van der Waals surface area contributed by atoms with Gasteiger partial charge in [-0.05, 0) is 130 Å². The Balaban J connectivity index is 4.22.